The van der Waals surface area contributed by atoms with Crippen molar-refractivity contribution < 1.29 is 14.9 Å². The summed E-state index contributed by atoms with van der Waals surface area (Å²) < 4.78 is 5.17. The standard InChI is InChI=1S/C22H27NO3/c1-26-20-9-7-16(8-10-20)21(24)15-23-13-17-11-22(25,12-18(17)14-23)19-5-3-2-4-6-19/h2-10,17-18,21,24-25H,11-15H2,1H3/t17-,18+,21?,22?. The van der Waals surface area contributed by atoms with Gasteiger partial charge in [0.25, 0.3) is 0 Å². The Morgan fingerprint density at radius 3 is 2.23 bits per heavy atom. The molecule has 26 heavy (non-hydrogen) atoms. The van der Waals surface area contributed by atoms with Crippen LogP contribution in [0, 0.1) is 11.8 Å². The number of ether oxygens (including phenoxy) is 1. The van der Waals surface area contributed by atoms with Gasteiger partial charge in [0.1, 0.15) is 5.75 Å². The predicted molar refractivity (Wildman–Crippen MR) is 101 cm³/mol. The molecule has 2 aromatic rings. The molecule has 0 radical (unpaired) electrons. The molecular formula is C22H27NO3. The monoisotopic (exact) mass is 353 g/mol. The van der Waals surface area contributed by atoms with Crippen molar-refractivity contribution in [1.82, 2.24) is 4.90 Å². The van der Waals surface area contributed by atoms with E-state index in [9.17, 15) is 10.2 Å². The van der Waals surface area contributed by atoms with Crippen molar-refractivity contribution >= 4 is 0 Å². The second-order valence-electron chi connectivity index (χ2n) is 7.83. The zero-order valence-corrected chi connectivity index (χ0v) is 15.2. The average Bonchev–Trinajstić information content (AvgIpc) is 3.17. The van der Waals surface area contributed by atoms with E-state index in [-0.39, 0.29) is 0 Å². The molecule has 4 heteroatoms. The van der Waals surface area contributed by atoms with Gasteiger partial charge in [0.05, 0.1) is 18.8 Å². The molecule has 0 bridgehead atoms. The van der Waals surface area contributed by atoms with Gasteiger partial charge in [0, 0.05) is 19.6 Å². The van der Waals surface area contributed by atoms with Crippen LogP contribution in [0.25, 0.3) is 0 Å². The maximum absolute atomic E-state index is 11.1. The molecule has 0 aromatic heterocycles. The van der Waals surface area contributed by atoms with Gasteiger partial charge in [-0.2, -0.15) is 0 Å². The topological polar surface area (TPSA) is 52.9 Å². The third kappa shape index (κ3) is 3.37. The number of likely N-dealkylation sites (tertiary alicyclic amines) is 1. The summed E-state index contributed by atoms with van der Waals surface area (Å²) in [7, 11) is 1.64. The molecule has 4 rings (SSSR count). The maximum Gasteiger partial charge on any atom is 0.118 e. The molecule has 1 saturated carbocycles. The minimum Gasteiger partial charge on any atom is -0.497 e. The molecular weight excluding hydrogens is 326 g/mol. The Labute approximate surface area is 155 Å². The van der Waals surface area contributed by atoms with E-state index < -0.39 is 11.7 Å². The molecule has 0 spiro atoms. The molecule has 2 aliphatic rings. The van der Waals surface area contributed by atoms with E-state index in [1.807, 2.05) is 54.6 Å². The summed E-state index contributed by atoms with van der Waals surface area (Å²) in [6, 6.07) is 17.7. The highest BCUT2D eigenvalue weighted by molar-refractivity contribution is 5.29. The van der Waals surface area contributed by atoms with Gasteiger partial charge in [-0.3, -0.25) is 4.90 Å². The van der Waals surface area contributed by atoms with Crippen LogP contribution in [-0.4, -0.2) is 41.9 Å². The molecule has 2 aromatic carbocycles. The van der Waals surface area contributed by atoms with Crippen molar-refractivity contribution in [3.05, 3.63) is 65.7 Å². The van der Waals surface area contributed by atoms with E-state index in [2.05, 4.69) is 4.90 Å². The molecule has 2 unspecified atom stereocenters. The second-order valence-corrected chi connectivity index (χ2v) is 7.83. The van der Waals surface area contributed by atoms with E-state index in [0.29, 0.717) is 18.4 Å². The van der Waals surface area contributed by atoms with E-state index in [1.165, 1.54) is 0 Å². The van der Waals surface area contributed by atoms with E-state index >= 15 is 0 Å². The highest BCUT2D eigenvalue weighted by Gasteiger charge is 2.49. The number of hydrogen-bond acceptors (Lipinski definition) is 4. The van der Waals surface area contributed by atoms with E-state index in [4.69, 9.17) is 4.74 Å². The molecule has 1 saturated heterocycles. The van der Waals surface area contributed by atoms with Gasteiger partial charge in [-0.1, -0.05) is 42.5 Å². The Hall–Kier alpha value is -1.88. The van der Waals surface area contributed by atoms with Crippen LogP contribution in [-0.2, 0) is 5.60 Å². The largest absolute Gasteiger partial charge is 0.497 e. The van der Waals surface area contributed by atoms with Crippen LogP contribution in [0.3, 0.4) is 0 Å². The van der Waals surface area contributed by atoms with Gasteiger partial charge in [-0.25, -0.2) is 0 Å². The number of fused-ring (bicyclic) bond motifs is 1. The Morgan fingerprint density at radius 1 is 1.04 bits per heavy atom. The Balaban J connectivity index is 1.36. The molecule has 0 amide bonds. The lowest BCUT2D eigenvalue weighted by Crippen LogP contribution is -2.30. The molecule has 1 aliphatic heterocycles. The SMILES string of the molecule is COc1ccc(C(O)CN2C[C@@H]3CC(O)(c4ccccc4)C[C@@H]3C2)cc1. The normalized spacial score (nSPS) is 29.5. The van der Waals surface area contributed by atoms with Crippen molar-refractivity contribution in [1.29, 1.82) is 0 Å². The van der Waals surface area contributed by atoms with Crippen LogP contribution >= 0.6 is 0 Å². The highest BCUT2D eigenvalue weighted by atomic mass is 16.5. The van der Waals surface area contributed by atoms with Crippen molar-refractivity contribution in [2.45, 2.75) is 24.5 Å². The average molecular weight is 353 g/mol. The number of hydrogen-bond donors (Lipinski definition) is 2. The lowest BCUT2D eigenvalue weighted by atomic mass is 9.90. The Kier molecular flexibility index (Phi) is 4.74. The summed E-state index contributed by atoms with van der Waals surface area (Å²) in [5.41, 5.74) is 1.28. The fourth-order valence-corrected chi connectivity index (χ4v) is 4.76. The molecule has 1 aliphatic carbocycles. The quantitative estimate of drug-likeness (QED) is 0.868. The first kappa shape index (κ1) is 17.5. The summed E-state index contributed by atoms with van der Waals surface area (Å²) in [5, 5.41) is 21.6. The maximum atomic E-state index is 11.1. The van der Waals surface area contributed by atoms with Gasteiger partial charge in [-0.05, 0) is 47.9 Å². The summed E-state index contributed by atoms with van der Waals surface area (Å²) in [6.07, 6.45) is 1.14. The van der Waals surface area contributed by atoms with Crippen LogP contribution < -0.4 is 4.74 Å². The number of benzene rings is 2. The van der Waals surface area contributed by atoms with Crippen LogP contribution in [0.15, 0.2) is 54.6 Å². The van der Waals surface area contributed by atoms with Crippen LogP contribution in [0.4, 0.5) is 0 Å². The number of rotatable bonds is 5. The van der Waals surface area contributed by atoms with Gasteiger partial charge in [0.2, 0.25) is 0 Å². The molecule has 2 fully saturated rings. The van der Waals surface area contributed by atoms with Gasteiger partial charge in [-0.15, -0.1) is 0 Å². The van der Waals surface area contributed by atoms with Gasteiger partial charge in [0.15, 0.2) is 0 Å². The molecule has 4 nitrogen and oxygen atoms in total. The van der Waals surface area contributed by atoms with Gasteiger partial charge < -0.3 is 14.9 Å². The molecule has 138 valence electrons. The fraction of sp³-hybridized carbons (Fsp3) is 0.455. The molecule has 4 atom stereocenters. The summed E-state index contributed by atoms with van der Waals surface area (Å²) in [5.74, 6) is 1.81. The number of methoxy groups -OCH3 is 1. The smallest absolute Gasteiger partial charge is 0.118 e. The number of aliphatic hydroxyl groups is 2. The number of nitrogens with zero attached hydrogens (tertiary/aromatic N) is 1. The lowest BCUT2D eigenvalue weighted by molar-refractivity contribution is 0.0288. The van der Waals surface area contributed by atoms with Crippen LogP contribution in [0.5, 0.6) is 5.75 Å². The van der Waals surface area contributed by atoms with Crippen LogP contribution in [0.2, 0.25) is 0 Å². The number of β-amino-alcohol motifs (C(OH)–C–C–N with tert-alkyl or cyclic N) is 1. The Morgan fingerprint density at radius 2 is 1.65 bits per heavy atom. The summed E-state index contributed by atoms with van der Waals surface area (Å²) >= 11 is 0. The predicted octanol–water partition coefficient (Wildman–Crippen LogP) is 2.96. The zero-order chi connectivity index (χ0) is 18.1. The van der Waals surface area contributed by atoms with Crippen molar-refractivity contribution in [2.24, 2.45) is 11.8 Å². The van der Waals surface area contributed by atoms with Crippen molar-refractivity contribution in [3.63, 3.8) is 0 Å². The minimum atomic E-state index is -0.683. The minimum absolute atomic E-state index is 0.493. The van der Waals surface area contributed by atoms with Crippen molar-refractivity contribution in [2.75, 3.05) is 26.7 Å². The lowest BCUT2D eigenvalue weighted by Gasteiger charge is -2.27. The second kappa shape index (κ2) is 7.03. The summed E-state index contributed by atoms with van der Waals surface area (Å²) in [4.78, 5) is 2.34. The Bertz CT molecular complexity index is 717. The van der Waals surface area contributed by atoms with E-state index in [1.54, 1.807) is 7.11 Å². The molecule has 2 N–H and O–H groups in total. The van der Waals surface area contributed by atoms with E-state index in [0.717, 1.165) is 42.8 Å². The molecule has 1 heterocycles. The highest BCUT2D eigenvalue weighted by Crippen LogP contribution is 2.49. The fourth-order valence-electron chi connectivity index (χ4n) is 4.76. The number of aliphatic hydroxyl groups excluding tert-OH is 1. The first-order valence-electron chi connectivity index (χ1n) is 9.40. The first-order chi connectivity index (χ1) is 12.6. The summed E-state index contributed by atoms with van der Waals surface area (Å²) in [6.45, 7) is 2.54. The first-order valence-corrected chi connectivity index (χ1v) is 9.40. The van der Waals surface area contributed by atoms with Gasteiger partial charge >= 0.3 is 0 Å². The van der Waals surface area contributed by atoms with Crippen LogP contribution in [0.1, 0.15) is 30.1 Å². The third-order valence-electron chi connectivity index (χ3n) is 6.09. The third-order valence-corrected chi connectivity index (χ3v) is 6.09. The zero-order valence-electron chi connectivity index (χ0n) is 15.2. The van der Waals surface area contributed by atoms with Crippen molar-refractivity contribution in [3.8, 4) is 5.75 Å².